The van der Waals surface area contributed by atoms with E-state index in [1.54, 1.807) is 48.5 Å². The number of benzene rings is 2. The van der Waals surface area contributed by atoms with E-state index in [0.717, 1.165) is 17.4 Å². The van der Waals surface area contributed by atoms with Gasteiger partial charge in [0.2, 0.25) is 0 Å². The number of ether oxygens (including phenoxy) is 1. The number of carbonyl (C=O) groups is 1. The third-order valence-electron chi connectivity index (χ3n) is 7.07. The van der Waals surface area contributed by atoms with Gasteiger partial charge in [-0.15, -0.1) is 0 Å². The quantitative estimate of drug-likeness (QED) is 0.648. The van der Waals surface area contributed by atoms with Crippen molar-refractivity contribution < 1.29 is 17.9 Å². The molecule has 32 heavy (non-hydrogen) atoms. The van der Waals surface area contributed by atoms with Crippen molar-refractivity contribution >= 4 is 21.6 Å². The van der Waals surface area contributed by atoms with Gasteiger partial charge >= 0.3 is 0 Å². The van der Waals surface area contributed by atoms with Gasteiger partial charge in [0.05, 0.1) is 10.6 Å². The number of aryl methyl sites for hydroxylation is 1. The van der Waals surface area contributed by atoms with Crippen molar-refractivity contribution in [1.82, 2.24) is 5.32 Å². The molecule has 7 heteroatoms. The summed E-state index contributed by atoms with van der Waals surface area (Å²) < 4.78 is 32.6. The molecule has 2 fully saturated rings. The van der Waals surface area contributed by atoms with Crippen LogP contribution in [-0.2, 0) is 14.8 Å². The summed E-state index contributed by atoms with van der Waals surface area (Å²) in [4.78, 5) is 12.6. The van der Waals surface area contributed by atoms with Crippen molar-refractivity contribution in [2.45, 2.75) is 50.5 Å². The molecule has 2 aliphatic rings. The standard InChI is InChI=1S/C25H32N2O4S/c1-17-4-12-23(13-5-17)32(29,30)27(3)21-8-10-22(11-9-21)31-16-25(28)26-18(2)24-15-19-6-7-20(24)14-19/h4-5,8-13,18-20,24H,6-7,14-16H2,1-3H3,(H,26,28). The second kappa shape index (κ2) is 9.14. The molecule has 6 nitrogen and oxygen atoms in total. The molecule has 2 aliphatic carbocycles. The summed E-state index contributed by atoms with van der Waals surface area (Å²) in [5.41, 5.74) is 1.52. The van der Waals surface area contributed by atoms with Gasteiger partial charge < -0.3 is 10.1 Å². The van der Waals surface area contributed by atoms with E-state index in [0.29, 0.717) is 17.4 Å². The van der Waals surface area contributed by atoms with Crippen molar-refractivity contribution in [1.29, 1.82) is 0 Å². The summed E-state index contributed by atoms with van der Waals surface area (Å²) >= 11 is 0. The highest BCUT2D eigenvalue weighted by Gasteiger charge is 2.42. The minimum atomic E-state index is -3.64. The van der Waals surface area contributed by atoms with E-state index < -0.39 is 10.0 Å². The first-order valence-corrected chi connectivity index (χ1v) is 12.8. The number of hydrogen-bond donors (Lipinski definition) is 1. The third kappa shape index (κ3) is 4.77. The monoisotopic (exact) mass is 456 g/mol. The average molecular weight is 457 g/mol. The first-order valence-electron chi connectivity index (χ1n) is 11.3. The van der Waals surface area contributed by atoms with Crippen LogP contribution in [0.3, 0.4) is 0 Å². The number of amides is 1. The minimum Gasteiger partial charge on any atom is -0.484 e. The van der Waals surface area contributed by atoms with Gasteiger partial charge in [-0.1, -0.05) is 24.1 Å². The molecule has 0 aliphatic heterocycles. The molecule has 4 atom stereocenters. The zero-order chi connectivity index (χ0) is 22.9. The van der Waals surface area contributed by atoms with Crippen LogP contribution in [0.2, 0.25) is 0 Å². The largest absolute Gasteiger partial charge is 0.484 e. The molecule has 4 rings (SSSR count). The van der Waals surface area contributed by atoms with Gasteiger partial charge in [-0.25, -0.2) is 8.42 Å². The molecule has 2 bridgehead atoms. The first-order chi connectivity index (χ1) is 15.2. The first kappa shape index (κ1) is 22.6. The molecular formula is C25H32N2O4S. The highest BCUT2D eigenvalue weighted by molar-refractivity contribution is 7.92. The summed E-state index contributed by atoms with van der Waals surface area (Å²) in [7, 11) is -2.12. The fraction of sp³-hybridized carbons (Fsp3) is 0.480. The summed E-state index contributed by atoms with van der Waals surface area (Å²) in [6.07, 6.45) is 5.20. The minimum absolute atomic E-state index is 0.0536. The van der Waals surface area contributed by atoms with Crippen LogP contribution in [0.15, 0.2) is 53.4 Å². The molecule has 4 unspecified atom stereocenters. The smallest absolute Gasteiger partial charge is 0.264 e. The van der Waals surface area contributed by atoms with Crippen LogP contribution < -0.4 is 14.4 Å². The summed E-state index contributed by atoms with van der Waals surface area (Å²) in [6.45, 7) is 3.96. The molecular weight excluding hydrogens is 424 g/mol. The Morgan fingerprint density at radius 3 is 2.38 bits per heavy atom. The second-order valence-corrected chi connectivity index (χ2v) is 11.2. The number of rotatable bonds is 8. The van der Waals surface area contributed by atoms with Crippen molar-refractivity contribution in [2.24, 2.45) is 17.8 Å². The predicted molar refractivity (Wildman–Crippen MR) is 125 cm³/mol. The molecule has 0 heterocycles. The lowest BCUT2D eigenvalue weighted by molar-refractivity contribution is -0.124. The van der Waals surface area contributed by atoms with Gasteiger partial charge in [0, 0.05) is 13.1 Å². The topological polar surface area (TPSA) is 75.7 Å². The van der Waals surface area contributed by atoms with Crippen molar-refractivity contribution in [3.05, 3.63) is 54.1 Å². The van der Waals surface area contributed by atoms with Crippen molar-refractivity contribution in [2.75, 3.05) is 18.0 Å². The number of fused-ring (bicyclic) bond motifs is 2. The zero-order valence-electron chi connectivity index (χ0n) is 19.0. The van der Waals surface area contributed by atoms with Crippen LogP contribution in [0.25, 0.3) is 0 Å². The predicted octanol–water partition coefficient (Wildman–Crippen LogP) is 4.14. The van der Waals surface area contributed by atoms with E-state index in [1.807, 2.05) is 6.92 Å². The Bertz CT molecular complexity index is 1050. The summed E-state index contributed by atoms with van der Waals surface area (Å²) in [5, 5.41) is 3.10. The molecule has 1 amide bonds. The van der Waals surface area contributed by atoms with E-state index in [9.17, 15) is 13.2 Å². The molecule has 172 valence electrons. The Morgan fingerprint density at radius 2 is 1.78 bits per heavy atom. The fourth-order valence-corrected chi connectivity index (χ4v) is 6.41. The van der Waals surface area contributed by atoms with Gasteiger partial charge in [-0.3, -0.25) is 9.10 Å². The maximum absolute atomic E-state index is 12.8. The third-order valence-corrected chi connectivity index (χ3v) is 8.87. The Kier molecular flexibility index (Phi) is 6.47. The zero-order valence-corrected chi connectivity index (χ0v) is 19.8. The summed E-state index contributed by atoms with van der Waals surface area (Å²) in [5.74, 6) is 2.60. The Balaban J connectivity index is 1.30. The highest BCUT2D eigenvalue weighted by Crippen LogP contribution is 2.49. The van der Waals surface area contributed by atoms with E-state index in [2.05, 4.69) is 12.2 Å². The number of nitrogens with zero attached hydrogens (tertiary/aromatic N) is 1. The maximum Gasteiger partial charge on any atom is 0.264 e. The molecule has 2 saturated carbocycles. The lowest BCUT2D eigenvalue weighted by Gasteiger charge is -2.28. The van der Waals surface area contributed by atoms with Crippen LogP contribution in [0.4, 0.5) is 5.69 Å². The molecule has 0 radical (unpaired) electrons. The number of hydrogen-bond acceptors (Lipinski definition) is 4. The Labute approximate surface area is 191 Å². The number of anilines is 1. The summed E-state index contributed by atoms with van der Waals surface area (Å²) in [6, 6.07) is 13.7. The average Bonchev–Trinajstić information content (AvgIpc) is 3.42. The van der Waals surface area contributed by atoms with Crippen molar-refractivity contribution in [3.8, 4) is 5.75 Å². The van der Waals surface area contributed by atoms with Gasteiger partial charge in [0.25, 0.3) is 15.9 Å². The molecule has 0 spiro atoms. The number of carbonyl (C=O) groups excluding carboxylic acids is 1. The van der Waals surface area contributed by atoms with E-state index >= 15 is 0 Å². The molecule has 0 saturated heterocycles. The lowest BCUT2D eigenvalue weighted by Crippen LogP contribution is -2.42. The molecule has 2 aromatic rings. The van der Waals surface area contributed by atoms with Crippen LogP contribution in [-0.4, -0.2) is 34.0 Å². The second-order valence-electron chi connectivity index (χ2n) is 9.26. The van der Waals surface area contributed by atoms with E-state index in [1.165, 1.54) is 37.0 Å². The highest BCUT2D eigenvalue weighted by atomic mass is 32.2. The molecule has 0 aromatic heterocycles. The van der Waals surface area contributed by atoms with Crippen molar-refractivity contribution in [3.63, 3.8) is 0 Å². The number of nitrogens with one attached hydrogen (secondary N) is 1. The van der Waals surface area contributed by atoms with Gasteiger partial charge in [-0.2, -0.15) is 0 Å². The van der Waals surface area contributed by atoms with Gasteiger partial charge in [0.1, 0.15) is 5.75 Å². The van der Waals surface area contributed by atoms with Gasteiger partial charge in [0.15, 0.2) is 6.61 Å². The van der Waals surface area contributed by atoms with Crippen LogP contribution in [0.5, 0.6) is 5.75 Å². The van der Waals surface area contributed by atoms with E-state index in [-0.39, 0.29) is 23.5 Å². The van der Waals surface area contributed by atoms with Crippen LogP contribution >= 0.6 is 0 Å². The Hall–Kier alpha value is -2.54. The van der Waals surface area contributed by atoms with Crippen LogP contribution in [0, 0.1) is 24.7 Å². The normalized spacial score (nSPS) is 23.0. The van der Waals surface area contributed by atoms with Crippen LogP contribution in [0.1, 0.15) is 38.2 Å². The SMILES string of the molecule is Cc1ccc(S(=O)(=O)N(C)c2ccc(OCC(=O)NC(C)C3CC4CCC3C4)cc2)cc1. The molecule has 2 aromatic carbocycles. The Morgan fingerprint density at radius 1 is 1.09 bits per heavy atom. The number of sulfonamides is 1. The maximum atomic E-state index is 12.8. The fourth-order valence-electron chi connectivity index (χ4n) is 5.22. The van der Waals surface area contributed by atoms with Gasteiger partial charge in [-0.05, 0) is 87.3 Å². The lowest BCUT2D eigenvalue weighted by atomic mass is 9.84. The molecule has 1 N–H and O–H groups in total. The van der Waals surface area contributed by atoms with E-state index in [4.69, 9.17) is 4.74 Å².